The van der Waals surface area contributed by atoms with Crippen LogP contribution in [-0.4, -0.2) is 83.4 Å². The van der Waals surface area contributed by atoms with E-state index in [1.54, 1.807) is 13.3 Å². The number of carbonyl (C=O) groups is 2. The molecule has 3 unspecified atom stereocenters. The van der Waals surface area contributed by atoms with Crippen LogP contribution in [0, 0.1) is 5.92 Å². The van der Waals surface area contributed by atoms with Crippen LogP contribution in [0.25, 0.3) is 0 Å². The van der Waals surface area contributed by atoms with E-state index in [0.717, 1.165) is 37.6 Å². The highest BCUT2D eigenvalue weighted by atomic mass is 19.4. The molecule has 1 saturated carbocycles. The van der Waals surface area contributed by atoms with Crippen LogP contribution in [0.4, 0.5) is 26.3 Å². The number of aromatic nitrogens is 1. The third-order valence-corrected chi connectivity index (χ3v) is 6.19. The van der Waals surface area contributed by atoms with Crippen LogP contribution in [0.3, 0.4) is 0 Å². The number of rotatable bonds is 7. The predicted molar refractivity (Wildman–Crippen MR) is 131 cm³/mol. The molecule has 1 aromatic carbocycles. The van der Waals surface area contributed by atoms with Gasteiger partial charge < -0.3 is 24.4 Å². The summed E-state index contributed by atoms with van der Waals surface area (Å²) in [6.45, 7) is 4.15. The molecule has 1 aliphatic carbocycles. The van der Waals surface area contributed by atoms with Crippen molar-refractivity contribution in [2.45, 2.75) is 50.5 Å². The topological polar surface area (TPSA) is 118 Å². The lowest BCUT2D eigenvalue weighted by molar-refractivity contribution is -0.193. The maximum Gasteiger partial charge on any atom is 0.490 e. The summed E-state index contributed by atoms with van der Waals surface area (Å²) in [5, 5.41) is 14.2. The Morgan fingerprint density at radius 2 is 1.61 bits per heavy atom. The van der Waals surface area contributed by atoms with Crippen molar-refractivity contribution in [2.24, 2.45) is 5.92 Å². The Morgan fingerprint density at radius 3 is 2.12 bits per heavy atom. The minimum absolute atomic E-state index is 0.283. The first-order valence-electron chi connectivity index (χ1n) is 12.3. The normalized spacial score (nSPS) is 20.5. The fourth-order valence-electron chi connectivity index (χ4n) is 4.29. The Hall–Kier alpha value is -3.43. The molecular formula is C26H30F6N2O7. The zero-order valence-electron chi connectivity index (χ0n) is 21.9. The van der Waals surface area contributed by atoms with Gasteiger partial charge in [-0.15, -0.1) is 0 Å². The number of aliphatic carboxylic acids is 2. The zero-order chi connectivity index (χ0) is 30.6. The van der Waals surface area contributed by atoms with E-state index in [1.165, 1.54) is 18.4 Å². The Labute approximate surface area is 231 Å². The monoisotopic (exact) mass is 596 g/mol. The molecule has 2 N–H and O–H groups in total. The molecule has 2 aromatic rings. The number of methoxy groups -OCH3 is 1. The summed E-state index contributed by atoms with van der Waals surface area (Å²) in [5.74, 6) is -4.13. The van der Waals surface area contributed by atoms with Gasteiger partial charge in [0.2, 0.25) is 0 Å². The first-order valence-corrected chi connectivity index (χ1v) is 12.3. The van der Waals surface area contributed by atoms with Crippen LogP contribution in [0.15, 0.2) is 48.8 Å². The van der Waals surface area contributed by atoms with Crippen LogP contribution >= 0.6 is 0 Å². The molecule has 4 rings (SSSR count). The number of nitrogens with zero attached hydrogens (tertiary/aromatic N) is 2. The van der Waals surface area contributed by atoms with Gasteiger partial charge in [-0.1, -0.05) is 18.2 Å². The van der Waals surface area contributed by atoms with E-state index in [0.29, 0.717) is 18.6 Å². The Morgan fingerprint density at radius 1 is 1.00 bits per heavy atom. The van der Waals surface area contributed by atoms with Crippen molar-refractivity contribution in [2.75, 3.05) is 26.9 Å². The van der Waals surface area contributed by atoms with Gasteiger partial charge in [0.25, 0.3) is 0 Å². The summed E-state index contributed by atoms with van der Waals surface area (Å²) in [7, 11) is 1.70. The minimum atomic E-state index is -5.08. The molecule has 0 amide bonds. The molecule has 9 nitrogen and oxygen atoms in total. The zero-order valence-corrected chi connectivity index (χ0v) is 21.9. The van der Waals surface area contributed by atoms with Crippen molar-refractivity contribution < 1.29 is 60.4 Å². The number of carboxylic acids is 2. The molecule has 2 fully saturated rings. The molecule has 0 spiro atoms. The first kappa shape index (κ1) is 33.8. The maximum atomic E-state index is 10.6. The van der Waals surface area contributed by atoms with Gasteiger partial charge in [-0.2, -0.15) is 26.3 Å². The molecule has 15 heteroatoms. The Bertz CT molecular complexity index is 1060. The van der Waals surface area contributed by atoms with E-state index in [1.807, 2.05) is 24.4 Å². The lowest BCUT2D eigenvalue weighted by atomic mass is 10.0. The number of fused-ring (bicyclic) bond motifs is 1. The average molecular weight is 597 g/mol. The van der Waals surface area contributed by atoms with E-state index in [2.05, 4.69) is 28.1 Å². The molecule has 0 bridgehead atoms. The number of ether oxygens (including phenoxy) is 3. The third kappa shape index (κ3) is 11.5. The highest BCUT2D eigenvalue weighted by Gasteiger charge is 2.42. The lowest BCUT2D eigenvalue weighted by Crippen LogP contribution is -2.50. The van der Waals surface area contributed by atoms with Crippen molar-refractivity contribution in [1.29, 1.82) is 0 Å². The Balaban J connectivity index is 0.000000349. The van der Waals surface area contributed by atoms with Crippen LogP contribution in [0.5, 0.6) is 5.75 Å². The number of hydrogen-bond acceptors (Lipinski definition) is 7. The van der Waals surface area contributed by atoms with Crippen molar-refractivity contribution >= 4 is 11.9 Å². The fourth-order valence-corrected chi connectivity index (χ4v) is 4.29. The fraction of sp³-hybridized carbons (Fsp3) is 0.500. The predicted octanol–water partition coefficient (Wildman–Crippen LogP) is 4.55. The molecule has 1 aromatic heterocycles. The highest BCUT2D eigenvalue weighted by Crippen LogP contribution is 2.35. The molecular weight excluding hydrogens is 566 g/mol. The number of alkyl halides is 6. The summed E-state index contributed by atoms with van der Waals surface area (Å²) >= 11 is 0. The first-order chi connectivity index (χ1) is 19.2. The van der Waals surface area contributed by atoms with E-state index in [9.17, 15) is 26.3 Å². The number of hydrogen-bond donors (Lipinski definition) is 2. The molecule has 2 heterocycles. The standard InChI is InChI=1S/C22H28N2O3.2C2HF3O2/c1-25-20-7-4-17(5-8-20)14-24-11-12-27-22-19(6-9-21(22)24)16-26-15-18-3-2-10-23-13-18;2*3-2(4,5)1(6)7/h2-5,7-8,10,13,19,21-22H,6,9,11-12,14-16H2,1H3;2*(H,6,7). The van der Waals surface area contributed by atoms with Gasteiger partial charge in [-0.05, 0) is 42.2 Å². The average Bonchev–Trinajstić information content (AvgIpc) is 3.33. The van der Waals surface area contributed by atoms with Crippen LogP contribution < -0.4 is 4.74 Å². The highest BCUT2D eigenvalue weighted by molar-refractivity contribution is 5.73. The van der Waals surface area contributed by atoms with Gasteiger partial charge in [0.1, 0.15) is 5.75 Å². The molecule has 41 heavy (non-hydrogen) atoms. The number of carboxylic acid groups (broad SMARTS) is 2. The van der Waals surface area contributed by atoms with Crippen molar-refractivity contribution in [3.05, 3.63) is 59.9 Å². The summed E-state index contributed by atoms with van der Waals surface area (Å²) in [6.07, 6.45) is -3.88. The number of benzene rings is 1. The van der Waals surface area contributed by atoms with Gasteiger partial charge in [-0.25, -0.2) is 9.59 Å². The SMILES string of the molecule is COc1ccc(CN2CCOC3C(COCc4cccnc4)CCC32)cc1.O=C(O)C(F)(F)F.O=C(O)C(F)(F)F. The summed E-state index contributed by atoms with van der Waals surface area (Å²) in [4.78, 5) is 24.5. The second-order valence-corrected chi connectivity index (χ2v) is 9.04. The molecule has 1 aliphatic heterocycles. The minimum Gasteiger partial charge on any atom is -0.497 e. The maximum absolute atomic E-state index is 10.6. The molecule has 3 atom stereocenters. The second kappa shape index (κ2) is 15.5. The van der Waals surface area contributed by atoms with Gasteiger partial charge >= 0.3 is 24.3 Å². The van der Waals surface area contributed by atoms with Crippen LogP contribution in [-0.2, 0) is 32.2 Å². The smallest absolute Gasteiger partial charge is 0.490 e. The van der Waals surface area contributed by atoms with E-state index in [-0.39, 0.29) is 6.10 Å². The van der Waals surface area contributed by atoms with Crippen molar-refractivity contribution in [3.63, 3.8) is 0 Å². The van der Waals surface area contributed by atoms with E-state index < -0.39 is 24.3 Å². The van der Waals surface area contributed by atoms with Crippen molar-refractivity contribution in [3.8, 4) is 5.75 Å². The summed E-state index contributed by atoms with van der Waals surface area (Å²) < 4.78 is 80.9. The van der Waals surface area contributed by atoms with E-state index in [4.69, 9.17) is 34.0 Å². The van der Waals surface area contributed by atoms with Crippen molar-refractivity contribution in [1.82, 2.24) is 9.88 Å². The van der Waals surface area contributed by atoms with Gasteiger partial charge in [0.05, 0.1) is 33.0 Å². The second-order valence-electron chi connectivity index (χ2n) is 9.04. The lowest BCUT2D eigenvalue weighted by Gasteiger charge is -2.39. The Kier molecular flexibility index (Phi) is 12.8. The summed E-state index contributed by atoms with van der Waals surface area (Å²) in [5.41, 5.74) is 2.45. The molecule has 228 valence electrons. The van der Waals surface area contributed by atoms with Gasteiger partial charge in [-0.3, -0.25) is 9.88 Å². The summed E-state index contributed by atoms with van der Waals surface area (Å²) in [6, 6.07) is 12.9. The number of halogens is 6. The molecule has 2 aliphatic rings. The van der Waals surface area contributed by atoms with Gasteiger partial charge in [0, 0.05) is 37.4 Å². The number of pyridine rings is 1. The number of morpholine rings is 1. The molecule has 1 saturated heterocycles. The van der Waals surface area contributed by atoms with Crippen LogP contribution in [0.2, 0.25) is 0 Å². The largest absolute Gasteiger partial charge is 0.497 e. The van der Waals surface area contributed by atoms with E-state index >= 15 is 0 Å². The third-order valence-electron chi connectivity index (χ3n) is 6.19. The van der Waals surface area contributed by atoms with Gasteiger partial charge in [0.15, 0.2) is 0 Å². The molecule has 0 radical (unpaired) electrons. The van der Waals surface area contributed by atoms with Crippen LogP contribution in [0.1, 0.15) is 24.0 Å². The quantitative estimate of drug-likeness (QED) is 0.444.